The normalized spacial score (nSPS) is 10.4. The van der Waals surface area contributed by atoms with Gasteiger partial charge in [0.25, 0.3) is 5.69 Å². The number of carbonyl (C=O) groups excluding carboxylic acids is 1. The van der Waals surface area contributed by atoms with Crippen LogP contribution in [0.25, 0.3) is 0 Å². The molecule has 8 heteroatoms. The van der Waals surface area contributed by atoms with Crippen LogP contribution in [-0.4, -0.2) is 20.6 Å². The van der Waals surface area contributed by atoms with E-state index in [0.29, 0.717) is 6.54 Å². The lowest BCUT2D eigenvalue weighted by Crippen LogP contribution is -2.12. The molecule has 2 aromatic rings. The van der Waals surface area contributed by atoms with Crippen molar-refractivity contribution < 1.29 is 9.72 Å². The first kappa shape index (κ1) is 14.5. The van der Waals surface area contributed by atoms with E-state index in [1.54, 1.807) is 11.7 Å². The Hall–Kier alpha value is -2.90. The number of nitro groups is 1. The number of nitrogens with two attached hydrogens (primary N) is 1. The van der Waals surface area contributed by atoms with Crippen molar-refractivity contribution in [3.63, 3.8) is 0 Å². The zero-order chi connectivity index (χ0) is 15.6. The van der Waals surface area contributed by atoms with Crippen LogP contribution in [0.15, 0.2) is 24.4 Å². The van der Waals surface area contributed by atoms with Crippen LogP contribution < -0.4 is 11.1 Å². The van der Waals surface area contributed by atoms with Crippen molar-refractivity contribution in [2.45, 2.75) is 13.5 Å². The predicted octanol–water partition coefficient (Wildman–Crippen LogP) is 1.35. The van der Waals surface area contributed by atoms with Gasteiger partial charge in [0.2, 0.25) is 5.91 Å². The highest BCUT2D eigenvalue weighted by molar-refractivity contribution is 5.94. The van der Waals surface area contributed by atoms with E-state index >= 15 is 0 Å². The van der Waals surface area contributed by atoms with Gasteiger partial charge in [0.05, 0.1) is 10.6 Å². The lowest BCUT2D eigenvalue weighted by molar-refractivity contribution is -0.384. The fourth-order valence-electron chi connectivity index (χ4n) is 2.00. The van der Waals surface area contributed by atoms with Crippen LogP contribution in [0, 0.1) is 17.0 Å². The summed E-state index contributed by atoms with van der Waals surface area (Å²) in [6.07, 6.45) is 1.83. The zero-order valence-corrected chi connectivity index (χ0v) is 11.7. The van der Waals surface area contributed by atoms with Crippen molar-refractivity contribution in [3.05, 3.63) is 51.3 Å². The average molecular weight is 289 g/mol. The summed E-state index contributed by atoms with van der Waals surface area (Å²) < 4.78 is 1.67. The van der Waals surface area contributed by atoms with Crippen molar-refractivity contribution >= 4 is 17.3 Å². The molecule has 0 unspecified atom stereocenters. The van der Waals surface area contributed by atoms with Crippen molar-refractivity contribution in [2.75, 3.05) is 5.32 Å². The molecule has 0 aliphatic carbocycles. The van der Waals surface area contributed by atoms with Gasteiger partial charge in [-0.3, -0.25) is 19.6 Å². The third-order valence-electron chi connectivity index (χ3n) is 3.06. The van der Waals surface area contributed by atoms with Crippen LogP contribution in [0.1, 0.15) is 21.6 Å². The Morgan fingerprint density at radius 2 is 2.24 bits per heavy atom. The third-order valence-corrected chi connectivity index (χ3v) is 3.06. The minimum Gasteiger partial charge on any atom is -0.375 e. The summed E-state index contributed by atoms with van der Waals surface area (Å²) >= 11 is 0. The molecule has 0 fully saturated rings. The molecule has 8 nitrogen and oxygen atoms in total. The molecule has 0 atom stereocenters. The van der Waals surface area contributed by atoms with E-state index in [4.69, 9.17) is 5.73 Å². The predicted molar refractivity (Wildman–Crippen MR) is 76.9 cm³/mol. The minimum atomic E-state index is -0.634. The molecule has 1 aromatic heterocycles. The summed E-state index contributed by atoms with van der Waals surface area (Å²) in [7, 11) is 1.80. The second kappa shape index (κ2) is 5.61. The molecule has 0 saturated heterocycles. The van der Waals surface area contributed by atoms with Crippen molar-refractivity contribution in [1.29, 1.82) is 0 Å². The van der Waals surface area contributed by atoms with Crippen LogP contribution >= 0.6 is 0 Å². The smallest absolute Gasteiger partial charge is 0.292 e. The van der Waals surface area contributed by atoms with Crippen molar-refractivity contribution in [3.8, 4) is 0 Å². The first-order valence-corrected chi connectivity index (χ1v) is 6.19. The molecule has 0 aliphatic rings. The van der Waals surface area contributed by atoms with Crippen LogP contribution in [-0.2, 0) is 13.6 Å². The van der Waals surface area contributed by atoms with Gasteiger partial charge in [0.1, 0.15) is 5.69 Å². The van der Waals surface area contributed by atoms with E-state index in [1.165, 1.54) is 18.2 Å². The van der Waals surface area contributed by atoms with E-state index in [9.17, 15) is 14.9 Å². The molecule has 0 radical (unpaired) electrons. The summed E-state index contributed by atoms with van der Waals surface area (Å²) in [6.45, 7) is 2.22. The first-order valence-electron chi connectivity index (χ1n) is 6.19. The Kier molecular flexibility index (Phi) is 3.88. The van der Waals surface area contributed by atoms with Gasteiger partial charge in [-0.1, -0.05) is 0 Å². The summed E-state index contributed by atoms with van der Waals surface area (Å²) in [4.78, 5) is 21.7. The van der Waals surface area contributed by atoms with Gasteiger partial charge in [0.15, 0.2) is 0 Å². The summed E-state index contributed by atoms with van der Waals surface area (Å²) in [6, 6.07) is 3.98. The number of primary amides is 1. The summed E-state index contributed by atoms with van der Waals surface area (Å²) in [5.41, 5.74) is 7.29. The van der Waals surface area contributed by atoms with Gasteiger partial charge >= 0.3 is 0 Å². The first-order chi connectivity index (χ1) is 9.88. The molecule has 0 saturated carbocycles. The fraction of sp³-hybridized carbons (Fsp3) is 0.231. The second-order valence-corrected chi connectivity index (χ2v) is 4.62. The zero-order valence-electron chi connectivity index (χ0n) is 11.7. The number of anilines is 1. The third kappa shape index (κ3) is 3.16. The van der Waals surface area contributed by atoms with E-state index < -0.39 is 10.8 Å². The Labute approximate surface area is 120 Å². The molecular formula is C13H15N5O3. The van der Waals surface area contributed by atoms with Crippen LogP contribution in [0.4, 0.5) is 11.4 Å². The number of nitro benzene ring substituents is 1. The fourth-order valence-corrected chi connectivity index (χ4v) is 2.00. The molecule has 1 heterocycles. The number of hydrogen-bond donors (Lipinski definition) is 2. The molecule has 2 rings (SSSR count). The highest BCUT2D eigenvalue weighted by Gasteiger charge is 2.16. The number of rotatable bonds is 5. The molecule has 0 bridgehead atoms. The second-order valence-electron chi connectivity index (χ2n) is 4.62. The number of nitrogens with one attached hydrogen (secondary N) is 1. The maximum absolute atomic E-state index is 11.2. The summed E-state index contributed by atoms with van der Waals surface area (Å²) in [5, 5.41) is 18.2. The van der Waals surface area contributed by atoms with E-state index in [1.807, 2.05) is 13.1 Å². The van der Waals surface area contributed by atoms with E-state index in [0.717, 1.165) is 11.3 Å². The van der Waals surface area contributed by atoms with Gasteiger partial charge in [0, 0.05) is 37.0 Å². The molecule has 3 N–H and O–H groups in total. The Balaban J connectivity index is 2.28. The maximum Gasteiger partial charge on any atom is 0.292 e. The minimum absolute atomic E-state index is 0.110. The number of carbonyl (C=O) groups is 1. The van der Waals surface area contributed by atoms with Gasteiger partial charge in [-0.05, 0) is 19.1 Å². The number of aryl methyl sites for hydroxylation is 2. The molecule has 1 amide bonds. The largest absolute Gasteiger partial charge is 0.375 e. The highest BCUT2D eigenvalue weighted by atomic mass is 16.6. The number of aromatic nitrogens is 2. The number of amides is 1. The lowest BCUT2D eigenvalue weighted by Gasteiger charge is -2.07. The standard InChI is InChI=1S/C13H15N5O3/c1-8-10(7-17(2)16-8)6-15-11-5-9(13(14)19)3-4-12(11)18(20)21/h3-5,7,15H,6H2,1-2H3,(H2,14,19). The lowest BCUT2D eigenvalue weighted by atomic mass is 10.1. The quantitative estimate of drug-likeness (QED) is 0.636. The number of hydrogen-bond acceptors (Lipinski definition) is 5. The topological polar surface area (TPSA) is 116 Å². The molecule has 110 valence electrons. The van der Waals surface area contributed by atoms with Gasteiger partial charge in [-0.2, -0.15) is 5.10 Å². The van der Waals surface area contributed by atoms with Crippen LogP contribution in [0.2, 0.25) is 0 Å². The highest BCUT2D eigenvalue weighted by Crippen LogP contribution is 2.26. The SMILES string of the molecule is Cc1nn(C)cc1CNc1cc(C(N)=O)ccc1[N+](=O)[O-]. The van der Waals surface area contributed by atoms with Gasteiger partial charge in [-0.15, -0.1) is 0 Å². The molecule has 0 aliphatic heterocycles. The van der Waals surface area contributed by atoms with E-state index in [2.05, 4.69) is 10.4 Å². The average Bonchev–Trinajstić information content (AvgIpc) is 2.74. The van der Waals surface area contributed by atoms with Gasteiger partial charge in [-0.25, -0.2) is 0 Å². The molecule has 0 spiro atoms. The van der Waals surface area contributed by atoms with Crippen LogP contribution in [0.5, 0.6) is 0 Å². The monoisotopic (exact) mass is 289 g/mol. The van der Waals surface area contributed by atoms with E-state index in [-0.39, 0.29) is 16.9 Å². The Morgan fingerprint density at radius 1 is 1.52 bits per heavy atom. The number of benzene rings is 1. The van der Waals surface area contributed by atoms with Crippen LogP contribution in [0.3, 0.4) is 0 Å². The summed E-state index contributed by atoms with van der Waals surface area (Å²) in [5.74, 6) is -0.634. The Bertz CT molecular complexity index is 708. The molecule has 1 aromatic carbocycles. The maximum atomic E-state index is 11.2. The Morgan fingerprint density at radius 3 is 2.76 bits per heavy atom. The van der Waals surface area contributed by atoms with Crippen molar-refractivity contribution in [1.82, 2.24) is 9.78 Å². The van der Waals surface area contributed by atoms with Gasteiger partial charge < -0.3 is 11.1 Å². The molecular weight excluding hydrogens is 274 g/mol. The van der Waals surface area contributed by atoms with Crippen molar-refractivity contribution in [2.24, 2.45) is 12.8 Å². The number of nitrogens with zero attached hydrogens (tertiary/aromatic N) is 3. The molecule has 21 heavy (non-hydrogen) atoms.